The summed E-state index contributed by atoms with van der Waals surface area (Å²) in [6, 6.07) is 3.17. The van der Waals surface area contributed by atoms with Crippen molar-refractivity contribution in [1.29, 1.82) is 0 Å². The Labute approximate surface area is 108 Å². The van der Waals surface area contributed by atoms with Crippen LogP contribution >= 0.6 is 0 Å². The van der Waals surface area contributed by atoms with Crippen molar-refractivity contribution in [2.45, 2.75) is 11.3 Å². The van der Waals surface area contributed by atoms with Crippen molar-refractivity contribution in [3.8, 4) is 0 Å². The molecule has 1 heterocycles. The predicted molar refractivity (Wildman–Crippen MR) is 72.1 cm³/mol. The maximum Gasteiger partial charge on any atom is 0.242 e. The lowest BCUT2D eigenvalue weighted by molar-refractivity contribution is 0.400. The summed E-state index contributed by atoms with van der Waals surface area (Å²) in [5, 5.41) is 2.84. The highest BCUT2D eigenvalue weighted by Crippen LogP contribution is 2.09. The van der Waals surface area contributed by atoms with Crippen LogP contribution in [0.15, 0.2) is 23.2 Å². The molecule has 0 bridgehead atoms. The fourth-order valence-corrected chi connectivity index (χ4v) is 2.39. The summed E-state index contributed by atoms with van der Waals surface area (Å²) in [5.41, 5.74) is 0. The average molecular weight is 272 g/mol. The van der Waals surface area contributed by atoms with E-state index < -0.39 is 10.0 Å². The number of rotatable bonds is 7. The van der Waals surface area contributed by atoms with Crippen molar-refractivity contribution in [3.63, 3.8) is 0 Å². The first-order chi connectivity index (χ1) is 8.45. The van der Waals surface area contributed by atoms with E-state index in [4.69, 9.17) is 0 Å². The van der Waals surface area contributed by atoms with Crippen LogP contribution in [0.3, 0.4) is 0 Å². The first-order valence-electron chi connectivity index (χ1n) is 5.74. The first-order valence-corrected chi connectivity index (χ1v) is 7.22. The van der Waals surface area contributed by atoms with Crippen LogP contribution in [0.2, 0.25) is 0 Å². The molecule has 0 atom stereocenters. The zero-order valence-electron chi connectivity index (χ0n) is 11.0. The van der Waals surface area contributed by atoms with Crippen LogP contribution in [-0.4, -0.2) is 52.5 Å². The molecule has 0 aliphatic rings. The Morgan fingerprint density at radius 3 is 2.56 bits per heavy atom. The number of pyridine rings is 1. The number of hydrogen-bond donors (Lipinski definition) is 2. The van der Waals surface area contributed by atoms with Crippen molar-refractivity contribution in [3.05, 3.63) is 18.3 Å². The van der Waals surface area contributed by atoms with Gasteiger partial charge in [-0.25, -0.2) is 18.1 Å². The molecule has 1 rings (SSSR count). The summed E-state index contributed by atoms with van der Waals surface area (Å²) >= 11 is 0. The maximum absolute atomic E-state index is 11.9. The molecule has 6 nitrogen and oxygen atoms in total. The van der Waals surface area contributed by atoms with Gasteiger partial charge in [0.2, 0.25) is 10.0 Å². The molecule has 18 heavy (non-hydrogen) atoms. The predicted octanol–water partition coefficient (Wildman–Crippen LogP) is 0.353. The van der Waals surface area contributed by atoms with Gasteiger partial charge in [0.1, 0.15) is 10.7 Å². The standard InChI is InChI=1S/C11H20N4O2S/c1-12-11-6-5-10(9-13-11)18(16,17)14-7-4-8-15(2)3/h5-6,9,14H,4,7-8H2,1-3H3,(H,12,13). The lowest BCUT2D eigenvalue weighted by Crippen LogP contribution is -2.27. The van der Waals surface area contributed by atoms with Gasteiger partial charge in [-0.2, -0.15) is 0 Å². The van der Waals surface area contributed by atoms with Gasteiger partial charge in [-0.1, -0.05) is 0 Å². The van der Waals surface area contributed by atoms with Crippen LogP contribution in [0.1, 0.15) is 6.42 Å². The number of nitrogens with one attached hydrogen (secondary N) is 2. The molecule has 0 saturated carbocycles. The lowest BCUT2D eigenvalue weighted by Gasteiger charge is -2.10. The number of aromatic nitrogens is 1. The van der Waals surface area contributed by atoms with Crippen molar-refractivity contribution in [1.82, 2.24) is 14.6 Å². The number of hydrogen-bond acceptors (Lipinski definition) is 5. The van der Waals surface area contributed by atoms with E-state index in [0.717, 1.165) is 13.0 Å². The van der Waals surface area contributed by atoms with Crippen molar-refractivity contribution < 1.29 is 8.42 Å². The molecule has 2 N–H and O–H groups in total. The quantitative estimate of drug-likeness (QED) is 0.701. The Morgan fingerprint density at radius 2 is 2.06 bits per heavy atom. The van der Waals surface area contributed by atoms with Gasteiger partial charge in [-0.15, -0.1) is 0 Å². The minimum Gasteiger partial charge on any atom is -0.373 e. The third-order valence-corrected chi connectivity index (χ3v) is 3.82. The monoisotopic (exact) mass is 272 g/mol. The highest BCUT2D eigenvalue weighted by atomic mass is 32.2. The Kier molecular flexibility index (Phi) is 5.52. The molecule has 0 fully saturated rings. The zero-order chi connectivity index (χ0) is 13.6. The Hall–Kier alpha value is -1.18. The molecule has 0 aliphatic heterocycles. The summed E-state index contributed by atoms with van der Waals surface area (Å²) < 4.78 is 26.3. The normalized spacial score (nSPS) is 11.8. The number of nitrogens with zero attached hydrogens (tertiary/aromatic N) is 2. The van der Waals surface area contributed by atoms with Crippen LogP contribution in [0.25, 0.3) is 0 Å². The van der Waals surface area contributed by atoms with Gasteiger partial charge in [0.25, 0.3) is 0 Å². The van der Waals surface area contributed by atoms with Gasteiger partial charge in [-0.3, -0.25) is 0 Å². The molecule has 102 valence electrons. The maximum atomic E-state index is 11.9. The van der Waals surface area contributed by atoms with Gasteiger partial charge in [0.05, 0.1) is 0 Å². The van der Waals surface area contributed by atoms with Gasteiger partial charge in [0.15, 0.2) is 0 Å². The highest BCUT2D eigenvalue weighted by Gasteiger charge is 2.13. The van der Waals surface area contributed by atoms with Crippen molar-refractivity contribution >= 4 is 15.8 Å². The van der Waals surface area contributed by atoms with E-state index in [2.05, 4.69) is 15.0 Å². The molecule has 0 aliphatic carbocycles. The lowest BCUT2D eigenvalue weighted by atomic mass is 10.4. The molecule has 1 aromatic rings. The van der Waals surface area contributed by atoms with Crippen LogP contribution in [0.5, 0.6) is 0 Å². The highest BCUT2D eigenvalue weighted by molar-refractivity contribution is 7.89. The molecule has 0 saturated heterocycles. The summed E-state index contributed by atoms with van der Waals surface area (Å²) in [7, 11) is 2.20. The summed E-state index contributed by atoms with van der Waals surface area (Å²) in [6.07, 6.45) is 2.12. The van der Waals surface area contributed by atoms with Crippen molar-refractivity contribution in [2.75, 3.05) is 39.5 Å². The van der Waals surface area contributed by atoms with E-state index in [1.54, 1.807) is 13.1 Å². The molecular weight excluding hydrogens is 252 g/mol. The second-order valence-electron chi connectivity index (χ2n) is 4.18. The fourth-order valence-electron chi connectivity index (χ4n) is 1.37. The molecule has 0 unspecified atom stereocenters. The molecule has 0 amide bonds. The largest absolute Gasteiger partial charge is 0.373 e. The Bertz CT molecular complexity index is 456. The molecule has 1 aromatic heterocycles. The van der Waals surface area contributed by atoms with E-state index in [9.17, 15) is 8.42 Å². The molecule has 7 heteroatoms. The third-order valence-electron chi connectivity index (χ3n) is 2.38. The Balaban J connectivity index is 2.57. The van der Waals surface area contributed by atoms with Gasteiger partial charge >= 0.3 is 0 Å². The van der Waals surface area contributed by atoms with Crippen LogP contribution in [0, 0.1) is 0 Å². The molecule has 0 spiro atoms. The van der Waals surface area contributed by atoms with Crippen molar-refractivity contribution in [2.24, 2.45) is 0 Å². The van der Waals surface area contributed by atoms with E-state index in [1.165, 1.54) is 12.3 Å². The second-order valence-corrected chi connectivity index (χ2v) is 5.95. The summed E-state index contributed by atoms with van der Waals surface area (Å²) in [4.78, 5) is 6.18. The number of anilines is 1. The topological polar surface area (TPSA) is 74.3 Å². The zero-order valence-corrected chi connectivity index (χ0v) is 11.8. The average Bonchev–Trinajstić information content (AvgIpc) is 2.34. The van der Waals surface area contributed by atoms with E-state index in [-0.39, 0.29) is 4.90 Å². The molecule has 0 aromatic carbocycles. The van der Waals surface area contributed by atoms with Gasteiger partial charge in [-0.05, 0) is 39.2 Å². The first kappa shape index (κ1) is 14.9. The minimum absolute atomic E-state index is 0.186. The van der Waals surface area contributed by atoms with Gasteiger partial charge in [0, 0.05) is 19.8 Å². The fraction of sp³-hybridized carbons (Fsp3) is 0.545. The Morgan fingerprint density at radius 1 is 1.33 bits per heavy atom. The van der Waals surface area contributed by atoms with Gasteiger partial charge < -0.3 is 10.2 Å². The van der Waals surface area contributed by atoms with Crippen LogP contribution in [0.4, 0.5) is 5.82 Å². The van der Waals surface area contributed by atoms with E-state index >= 15 is 0 Å². The minimum atomic E-state index is -3.44. The number of sulfonamides is 1. The smallest absolute Gasteiger partial charge is 0.242 e. The summed E-state index contributed by atoms with van der Waals surface area (Å²) in [6.45, 7) is 1.27. The SMILES string of the molecule is CNc1ccc(S(=O)(=O)NCCCN(C)C)cn1. The van der Waals surface area contributed by atoms with Crippen LogP contribution < -0.4 is 10.0 Å². The van der Waals surface area contributed by atoms with Crippen LogP contribution in [-0.2, 0) is 10.0 Å². The summed E-state index contributed by atoms with van der Waals surface area (Å²) in [5.74, 6) is 0.640. The molecule has 0 radical (unpaired) electrons. The van der Waals surface area contributed by atoms with E-state index in [1.807, 2.05) is 19.0 Å². The van der Waals surface area contributed by atoms with E-state index in [0.29, 0.717) is 12.4 Å². The third kappa shape index (κ3) is 4.59. The second kappa shape index (κ2) is 6.67. The molecular formula is C11H20N4O2S.